The van der Waals surface area contributed by atoms with E-state index in [1.54, 1.807) is 6.07 Å². The summed E-state index contributed by atoms with van der Waals surface area (Å²) in [6.07, 6.45) is -1.53. The van der Waals surface area contributed by atoms with Crippen LogP contribution in [-0.2, 0) is 11.3 Å². The molecule has 12 heteroatoms. The van der Waals surface area contributed by atoms with Crippen LogP contribution in [0.15, 0.2) is 18.2 Å². The fourth-order valence-electron chi connectivity index (χ4n) is 4.54. The molecule has 2 amide bonds. The number of carbonyl (C=O) groups excluding carboxylic acids is 2. The van der Waals surface area contributed by atoms with Gasteiger partial charge in [-0.2, -0.15) is 18.3 Å². The fraction of sp³-hybridized carbons (Fsp3) is 0.560. The van der Waals surface area contributed by atoms with E-state index in [1.807, 2.05) is 6.92 Å². The molecule has 1 atom stereocenters. The predicted molar refractivity (Wildman–Crippen MR) is 136 cm³/mol. The first kappa shape index (κ1) is 28.6. The average molecular weight is 544 g/mol. The quantitative estimate of drug-likeness (QED) is 0.412. The molecule has 1 heterocycles. The Morgan fingerprint density at radius 1 is 1.32 bits per heavy atom. The number of nitrogens with zero attached hydrogens (tertiary/aromatic N) is 2. The number of anilines is 1. The molecule has 3 rings (SSSR count). The molecule has 1 aliphatic carbocycles. The molecule has 0 bridgehead atoms. The van der Waals surface area contributed by atoms with Gasteiger partial charge < -0.3 is 21.1 Å². The Hall–Kier alpha value is -2.95. The standard InChI is InChI=1S/C25H33ClF3N5O3/c1-5-34-21(17-7-6-16(12-18(17)37-4)32-15(3)25(27,28)29)19(26)20(33-34)22(35)31-13-24(23(30)36)10-8-14(2)9-11-24/h6-7,12,14-15,32H,5,8-11,13H2,1-4H3,(H2,30,36)(H,31,35)/t14?,15-,24?/m1/s1. The van der Waals surface area contributed by atoms with Crippen LogP contribution in [0.1, 0.15) is 56.9 Å². The monoisotopic (exact) mass is 543 g/mol. The van der Waals surface area contributed by atoms with E-state index in [0.717, 1.165) is 19.8 Å². The van der Waals surface area contributed by atoms with E-state index in [0.29, 0.717) is 36.6 Å². The van der Waals surface area contributed by atoms with Crippen LogP contribution in [0.5, 0.6) is 5.75 Å². The number of rotatable bonds is 9. The number of aryl methyl sites for hydroxylation is 1. The molecule has 8 nitrogen and oxygen atoms in total. The lowest BCUT2D eigenvalue weighted by Crippen LogP contribution is -2.48. The van der Waals surface area contributed by atoms with Crippen LogP contribution in [-0.4, -0.2) is 47.5 Å². The summed E-state index contributed by atoms with van der Waals surface area (Å²) in [5, 5.41) is 9.62. The van der Waals surface area contributed by atoms with Gasteiger partial charge in [0.25, 0.3) is 5.91 Å². The van der Waals surface area contributed by atoms with Gasteiger partial charge in [-0.1, -0.05) is 18.5 Å². The minimum atomic E-state index is -4.42. The van der Waals surface area contributed by atoms with E-state index >= 15 is 0 Å². The Balaban J connectivity index is 1.88. The second-order valence-corrected chi connectivity index (χ2v) is 10.0. The Morgan fingerprint density at radius 2 is 1.97 bits per heavy atom. The van der Waals surface area contributed by atoms with Gasteiger partial charge in [0.05, 0.1) is 23.2 Å². The van der Waals surface area contributed by atoms with Crippen LogP contribution in [0.25, 0.3) is 11.3 Å². The second kappa shape index (κ2) is 11.2. The van der Waals surface area contributed by atoms with Gasteiger partial charge >= 0.3 is 6.18 Å². The highest BCUT2D eigenvalue weighted by molar-refractivity contribution is 6.36. The molecule has 1 saturated carbocycles. The third-order valence-electron chi connectivity index (χ3n) is 7.08. The fourth-order valence-corrected chi connectivity index (χ4v) is 4.86. The van der Waals surface area contributed by atoms with Gasteiger partial charge in [0.2, 0.25) is 5.91 Å². The van der Waals surface area contributed by atoms with Crippen molar-refractivity contribution in [2.24, 2.45) is 17.1 Å². The number of nitrogens with two attached hydrogens (primary N) is 1. The van der Waals surface area contributed by atoms with Crippen molar-refractivity contribution in [2.75, 3.05) is 19.0 Å². The molecular weight excluding hydrogens is 511 g/mol. The number of primary amides is 1. The van der Waals surface area contributed by atoms with Gasteiger partial charge in [0.15, 0.2) is 5.69 Å². The lowest BCUT2D eigenvalue weighted by atomic mass is 9.70. The zero-order chi connectivity index (χ0) is 27.5. The first-order valence-corrected chi connectivity index (χ1v) is 12.6. The van der Waals surface area contributed by atoms with Crippen molar-refractivity contribution in [3.63, 3.8) is 0 Å². The molecule has 204 valence electrons. The summed E-state index contributed by atoms with van der Waals surface area (Å²) in [5.74, 6) is -0.238. The highest BCUT2D eigenvalue weighted by atomic mass is 35.5. The summed E-state index contributed by atoms with van der Waals surface area (Å²) in [7, 11) is 1.39. The molecule has 0 unspecified atom stereocenters. The number of nitrogens with one attached hydrogen (secondary N) is 2. The number of methoxy groups -OCH3 is 1. The zero-order valence-electron chi connectivity index (χ0n) is 21.3. The molecular formula is C25H33ClF3N5O3. The first-order chi connectivity index (χ1) is 17.3. The maximum Gasteiger partial charge on any atom is 0.408 e. The third kappa shape index (κ3) is 6.14. The number of aromatic nitrogens is 2. The lowest BCUT2D eigenvalue weighted by Gasteiger charge is -2.36. The normalized spacial score (nSPS) is 20.8. The minimum absolute atomic E-state index is 0.0303. The minimum Gasteiger partial charge on any atom is -0.496 e. The summed E-state index contributed by atoms with van der Waals surface area (Å²) in [6, 6.07) is 2.71. The maximum atomic E-state index is 13.1. The number of ether oxygens (including phenoxy) is 1. The van der Waals surface area contributed by atoms with Gasteiger partial charge in [-0.15, -0.1) is 0 Å². The van der Waals surface area contributed by atoms with E-state index < -0.39 is 29.4 Å². The Kier molecular flexibility index (Phi) is 8.66. The second-order valence-electron chi connectivity index (χ2n) is 9.66. The smallest absolute Gasteiger partial charge is 0.408 e. The Bertz CT molecular complexity index is 1140. The number of carbonyl (C=O) groups is 2. The van der Waals surface area contributed by atoms with E-state index in [2.05, 4.69) is 22.7 Å². The van der Waals surface area contributed by atoms with E-state index in [-0.39, 0.29) is 28.7 Å². The van der Waals surface area contributed by atoms with Crippen molar-refractivity contribution in [1.29, 1.82) is 0 Å². The largest absolute Gasteiger partial charge is 0.496 e. The van der Waals surface area contributed by atoms with Crippen LogP contribution in [0.3, 0.4) is 0 Å². The number of benzene rings is 1. The van der Waals surface area contributed by atoms with Gasteiger partial charge in [-0.05, 0) is 57.6 Å². The molecule has 1 fully saturated rings. The molecule has 1 aliphatic rings. The zero-order valence-corrected chi connectivity index (χ0v) is 22.1. The van der Waals surface area contributed by atoms with Crippen LogP contribution >= 0.6 is 11.6 Å². The number of hydrogen-bond acceptors (Lipinski definition) is 5. The third-order valence-corrected chi connectivity index (χ3v) is 7.44. The first-order valence-electron chi connectivity index (χ1n) is 12.2. The Morgan fingerprint density at radius 3 is 2.51 bits per heavy atom. The summed E-state index contributed by atoms with van der Waals surface area (Å²) >= 11 is 6.63. The number of alkyl halides is 3. The lowest BCUT2D eigenvalue weighted by molar-refractivity contribution is -0.138. The highest BCUT2D eigenvalue weighted by Crippen LogP contribution is 2.40. The van der Waals surface area contributed by atoms with E-state index in [9.17, 15) is 22.8 Å². The highest BCUT2D eigenvalue weighted by Gasteiger charge is 2.40. The molecule has 0 spiro atoms. The van der Waals surface area contributed by atoms with Crippen LogP contribution in [0, 0.1) is 11.3 Å². The average Bonchev–Trinajstić information content (AvgIpc) is 3.18. The molecule has 0 saturated heterocycles. The summed E-state index contributed by atoms with van der Waals surface area (Å²) in [6.45, 7) is 5.40. The molecule has 0 aliphatic heterocycles. The van der Waals surface area contributed by atoms with Gasteiger partial charge in [-0.3, -0.25) is 14.3 Å². The maximum absolute atomic E-state index is 13.1. The summed E-state index contributed by atoms with van der Waals surface area (Å²) in [5.41, 5.74) is 5.92. The molecule has 4 N–H and O–H groups in total. The van der Waals surface area contributed by atoms with Gasteiger partial charge in [0.1, 0.15) is 11.8 Å². The number of amides is 2. The molecule has 2 aromatic rings. The predicted octanol–water partition coefficient (Wildman–Crippen LogP) is 5.01. The topological polar surface area (TPSA) is 111 Å². The van der Waals surface area contributed by atoms with Gasteiger partial charge in [-0.25, -0.2) is 0 Å². The van der Waals surface area contributed by atoms with Crippen LogP contribution in [0.2, 0.25) is 5.02 Å². The number of hydrogen-bond donors (Lipinski definition) is 3. The molecule has 37 heavy (non-hydrogen) atoms. The molecule has 1 aromatic carbocycles. The number of halogens is 4. The summed E-state index contributed by atoms with van der Waals surface area (Å²) < 4.78 is 45.9. The van der Waals surface area contributed by atoms with Crippen molar-refractivity contribution < 1.29 is 27.5 Å². The molecule has 1 aromatic heterocycles. The summed E-state index contributed by atoms with van der Waals surface area (Å²) in [4.78, 5) is 25.4. The van der Waals surface area contributed by atoms with Crippen molar-refractivity contribution in [1.82, 2.24) is 15.1 Å². The van der Waals surface area contributed by atoms with Gasteiger partial charge in [0, 0.05) is 30.4 Å². The van der Waals surface area contributed by atoms with Crippen molar-refractivity contribution in [3.05, 3.63) is 28.9 Å². The van der Waals surface area contributed by atoms with Crippen molar-refractivity contribution in [2.45, 2.75) is 65.2 Å². The van der Waals surface area contributed by atoms with E-state index in [4.69, 9.17) is 22.1 Å². The van der Waals surface area contributed by atoms with Crippen LogP contribution < -0.4 is 21.1 Å². The van der Waals surface area contributed by atoms with Crippen molar-refractivity contribution in [3.8, 4) is 17.0 Å². The SMILES string of the molecule is CCn1nc(C(=O)NCC2(C(N)=O)CCC(C)CC2)c(Cl)c1-c1ccc(N[C@H](C)C(F)(F)F)cc1OC. The van der Waals surface area contributed by atoms with Crippen molar-refractivity contribution >= 4 is 29.1 Å². The van der Waals surface area contributed by atoms with Crippen LogP contribution in [0.4, 0.5) is 18.9 Å². The van der Waals surface area contributed by atoms with E-state index in [1.165, 1.54) is 23.9 Å². The Labute approximate surface area is 219 Å². The molecule has 0 radical (unpaired) electrons.